The monoisotopic (exact) mass is 479 g/mol. The van der Waals surface area contributed by atoms with Crippen LogP contribution in [0.4, 0.5) is 0 Å². The zero-order valence-electron chi connectivity index (χ0n) is 20.5. The summed E-state index contributed by atoms with van der Waals surface area (Å²) in [7, 11) is 0. The third-order valence-electron chi connectivity index (χ3n) is 6.56. The molecule has 1 saturated heterocycles. The minimum absolute atomic E-state index is 0.0185. The number of pyridine rings is 1. The molecule has 2 heterocycles. The van der Waals surface area contributed by atoms with Gasteiger partial charge in [-0.1, -0.05) is 11.8 Å². The van der Waals surface area contributed by atoms with Gasteiger partial charge in [0.05, 0.1) is 28.9 Å². The van der Waals surface area contributed by atoms with Gasteiger partial charge in [0.1, 0.15) is 12.4 Å². The Bertz CT molecular complexity index is 1180. The molecule has 2 aromatic rings. The third kappa shape index (κ3) is 6.04. The highest BCUT2D eigenvalue weighted by Crippen LogP contribution is 2.34. The number of amides is 2. The SMILES string of the molecule is CC(C)Oc1cc2c(OCC3CCC(=O)N3)ncc(C#CC3CCC(C)(O)CC3)c2cc1C(N)=O. The first kappa shape index (κ1) is 24.8. The lowest BCUT2D eigenvalue weighted by atomic mass is 9.80. The van der Waals surface area contributed by atoms with Crippen molar-refractivity contribution in [2.75, 3.05) is 6.61 Å². The predicted molar refractivity (Wildman–Crippen MR) is 132 cm³/mol. The minimum atomic E-state index is -0.618. The topological polar surface area (TPSA) is 124 Å². The van der Waals surface area contributed by atoms with Gasteiger partial charge in [0.15, 0.2) is 0 Å². The fourth-order valence-electron chi connectivity index (χ4n) is 4.55. The van der Waals surface area contributed by atoms with Crippen LogP contribution in [0, 0.1) is 17.8 Å². The summed E-state index contributed by atoms with van der Waals surface area (Å²) >= 11 is 0. The first-order valence-electron chi connectivity index (χ1n) is 12.2. The zero-order valence-corrected chi connectivity index (χ0v) is 20.5. The lowest BCUT2D eigenvalue weighted by Crippen LogP contribution is -2.31. The van der Waals surface area contributed by atoms with E-state index in [0.29, 0.717) is 47.4 Å². The molecule has 186 valence electrons. The van der Waals surface area contributed by atoms with Crippen molar-refractivity contribution in [3.63, 3.8) is 0 Å². The maximum absolute atomic E-state index is 12.2. The Kier molecular flexibility index (Phi) is 7.18. The van der Waals surface area contributed by atoms with Crippen molar-refractivity contribution in [3.05, 3.63) is 29.5 Å². The van der Waals surface area contributed by atoms with Gasteiger partial charge in [-0.15, -0.1) is 0 Å². The van der Waals surface area contributed by atoms with Gasteiger partial charge in [-0.05, 0) is 65.0 Å². The number of fused-ring (bicyclic) bond motifs is 1. The van der Waals surface area contributed by atoms with E-state index in [1.165, 1.54) is 0 Å². The highest BCUT2D eigenvalue weighted by Gasteiger charge is 2.28. The van der Waals surface area contributed by atoms with E-state index in [1.807, 2.05) is 20.8 Å². The molecule has 35 heavy (non-hydrogen) atoms. The number of benzene rings is 1. The van der Waals surface area contributed by atoms with Crippen LogP contribution in [0.1, 0.15) is 75.2 Å². The van der Waals surface area contributed by atoms with Crippen LogP contribution < -0.4 is 20.5 Å². The average molecular weight is 480 g/mol. The van der Waals surface area contributed by atoms with Crippen molar-refractivity contribution in [2.45, 2.75) is 77.0 Å². The van der Waals surface area contributed by atoms with Crippen molar-refractivity contribution in [2.24, 2.45) is 11.7 Å². The fourth-order valence-corrected chi connectivity index (χ4v) is 4.55. The largest absolute Gasteiger partial charge is 0.490 e. The molecule has 8 heteroatoms. The second-order valence-electron chi connectivity index (χ2n) is 10.1. The van der Waals surface area contributed by atoms with Gasteiger partial charge in [0.25, 0.3) is 5.91 Å². The predicted octanol–water partition coefficient (Wildman–Crippen LogP) is 3.07. The second-order valence-corrected chi connectivity index (χ2v) is 10.1. The minimum Gasteiger partial charge on any atom is -0.490 e. The van der Waals surface area contributed by atoms with Gasteiger partial charge in [-0.2, -0.15) is 0 Å². The Morgan fingerprint density at radius 2 is 2.03 bits per heavy atom. The number of rotatable bonds is 6. The van der Waals surface area contributed by atoms with Crippen LogP contribution in [-0.2, 0) is 4.79 Å². The molecule has 1 aromatic heterocycles. The smallest absolute Gasteiger partial charge is 0.252 e. The van der Waals surface area contributed by atoms with Gasteiger partial charge < -0.3 is 25.6 Å². The maximum Gasteiger partial charge on any atom is 0.252 e. The summed E-state index contributed by atoms with van der Waals surface area (Å²) < 4.78 is 11.9. The highest BCUT2D eigenvalue weighted by molar-refractivity contribution is 6.03. The van der Waals surface area contributed by atoms with Gasteiger partial charge in [0, 0.05) is 29.3 Å². The van der Waals surface area contributed by atoms with Crippen LogP contribution in [0.5, 0.6) is 11.6 Å². The second kappa shape index (κ2) is 10.1. The Morgan fingerprint density at radius 3 is 2.66 bits per heavy atom. The first-order valence-corrected chi connectivity index (χ1v) is 12.2. The van der Waals surface area contributed by atoms with E-state index in [0.717, 1.165) is 25.7 Å². The molecule has 2 amide bonds. The Morgan fingerprint density at radius 1 is 1.29 bits per heavy atom. The molecule has 1 atom stereocenters. The number of carbonyl (C=O) groups is 2. The maximum atomic E-state index is 12.2. The van der Waals surface area contributed by atoms with E-state index < -0.39 is 11.5 Å². The van der Waals surface area contributed by atoms with Crippen molar-refractivity contribution in [3.8, 4) is 23.5 Å². The number of ether oxygens (including phenoxy) is 2. The Balaban J connectivity index is 1.71. The van der Waals surface area contributed by atoms with E-state index in [2.05, 4.69) is 22.1 Å². The van der Waals surface area contributed by atoms with E-state index in [9.17, 15) is 14.7 Å². The van der Waals surface area contributed by atoms with Crippen LogP contribution in [0.25, 0.3) is 10.8 Å². The van der Waals surface area contributed by atoms with Crippen LogP contribution in [-0.4, -0.2) is 46.3 Å². The molecule has 4 rings (SSSR count). The summed E-state index contributed by atoms with van der Waals surface area (Å²) in [6.07, 6.45) is 5.78. The molecule has 1 saturated carbocycles. The highest BCUT2D eigenvalue weighted by atomic mass is 16.5. The molecule has 8 nitrogen and oxygen atoms in total. The van der Waals surface area contributed by atoms with Crippen LogP contribution >= 0.6 is 0 Å². The van der Waals surface area contributed by atoms with Gasteiger partial charge >= 0.3 is 0 Å². The number of aromatic nitrogens is 1. The van der Waals surface area contributed by atoms with Gasteiger partial charge in [0.2, 0.25) is 11.8 Å². The van der Waals surface area contributed by atoms with Crippen molar-refractivity contribution >= 4 is 22.6 Å². The number of aliphatic hydroxyl groups is 1. The van der Waals surface area contributed by atoms with E-state index in [1.54, 1.807) is 18.3 Å². The Hall–Kier alpha value is -3.31. The molecule has 2 aliphatic rings. The van der Waals surface area contributed by atoms with Crippen molar-refractivity contribution in [1.29, 1.82) is 0 Å². The molecule has 2 fully saturated rings. The Labute approximate surface area is 205 Å². The lowest BCUT2D eigenvalue weighted by Gasteiger charge is -2.30. The molecule has 4 N–H and O–H groups in total. The summed E-state index contributed by atoms with van der Waals surface area (Å²) in [6.45, 7) is 5.90. The number of hydrogen-bond acceptors (Lipinski definition) is 6. The number of carbonyl (C=O) groups excluding carboxylic acids is 2. The van der Waals surface area contributed by atoms with Crippen molar-refractivity contribution < 1.29 is 24.2 Å². The quantitative estimate of drug-likeness (QED) is 0.547. The molecule has 1 unspecified atom stereocenters. The molecule has 0 spiro atoms. The molecule has 1 aliphatic carbocycles. The normalized spacial score (nSPS) is 24.1. The number of primary amides is 1. The first-order chi connectivity index (χ1) is 16.6. The molecular weight excluding hydrogens is 446 g/mol. The van der Waals surface area contributed by atoms with E-state index in [4.69, 9.17) is 15.2 Å². The standard InChI is InChI=1S/C27H33N3O5/c1-16(2)35-23-13-21-20(12-22(23)25(28)32)18(5-4-17-8-10-27(3,33)11-9-17)14-29-26(21)34-15-19-6-7-24(31)30-19/h12-14,16-17,19,33H,6-11,15H2,1-3H3,(H2,28,32)(H,30,31). The number of nitrogens with two attached hydrogens (primary N) is 1. The molecule has 1 aromatic carbocycles. The van der Waals surface area contributed by atoms with Crippen LogP contribution in [0.2, 0.25) is 0 Å². The van der Waals surface area contributed by atoms with Crippen LogP contribution in [0.3, 0.4) is 0 Å². The lowest BCUT2D eigenvalue weighted by molar-refractivity contribution is -0.119. The van der Waals surface area contributed by atoms with E-state index in [-0.39, 0.29) is 29.5 Å². The van der Waals surface area contributed by atoms with Gasteiger partial charge in [-0.25, -0.2) is 4.98 Å². The summed E-state index contributed by atoms with van der Waals surface area (Å²) in [4.78, 5) is 28.3. The fraction of sp³-hybridized carbons (Fsp3) is 0.519. The van der Waals surface area contributed by atoms with E-state index >= 15 is 0 Å². The van der Waals surface area contributed by atoms with Crippen LogP contribution in [0.15, 0.2) is 18.3 Å². The third-order valence-corrected chi connectivity index (χ3v) is 6.56. The number of nitrogens with one attached hydrogen (secondary N) is 1. The molecule has 1 aliphatic heterocycles. The zero-order chi connectivity index (χ0) is 25.2. The average Bonchev–Trinajstić information content (AvgIpc) is 3.21. The van der Waals surface area contributed by atoms with Crippen molar-refractivity contribution in [1.82, 2.24) is 10.3 Å². The molecular formula is C27H33N3O5. The number of nitrogens with zero attached hydrogens (tertiary/aromatic N) is 1. The number of hydrogen-bond donors (Lipinski definition) is 3. The summed E-state index contributed by atoms with van der Waals surface area (Å²) in [5, 5.41) is 14.5. The molecule has 0 radical (unpaired) electrons. The summed E-state index contributed by atoms with van der Waals surface area (Å²) in [5.74, 6) is 6.92. The summed E-state index contributed by atoms with van der Waals surface area (Å²) in [5.41, 5.74) is 5.99. The summed E-state index contributed by atoms with van der Waals surface area (Å²) in [6, 6.07) is 3.35. The van der Waals surface area contributed by atoms with Gasteiger partial charge in [-0.3, -0.25) is 9.59 Å². The molecule has 0 bridgehead atoms.